The fourth-order valence-electron chi connectivity index (χ4n) is 3.21. The predicted octanol–water partition coefficient (Wildman–Crippen LogP) is 3.65. The lowest BCUT2D eigenvalue weighted by molar-refractivity contribution is -0.115. The maximum absolute atomic E-state index is 12.8. The van der Waals surface area contributed by atoms with E-state index in [0.717, 1.165) is 27.0 Å². The Morgan fingerprint density at radius 1 is 1.17 bits per heavy atom. The largest absolute Gasteiger partial charge is 0.311 e. The van der Waals surface area contributed by atoms with E-state index in [9.17, 15) is 4.79 Å². The molecule has 10 heteroatoms. The van der Waals surface area contributed by atoms with Crippen molar-refractivity contribution in [1.82, 2.24) is 29.4 Å². The highest BCUT2D eigenvalue weighted by Crippen LogP contribution is 2.18. The van der Waals surface area contributed by atoms with Gasteiger partial charge < -0.3 is 5.32 Å². The van der Waals surface area contributed by atoms with Crippen molar-refractivity contribution < 1.29 is 4.79 Å². The van der Waals surface area contributed by atoms with Gasteiger partial charge in [-0.2, -0.15) is 10.1 Å². The summed E-state index contributed by atoms with van der Waals surface area (Å²) in [5.41, 5.74) is 3.58. The average Bonchev–Trinajstić information content (AvgIpc) is 3.33. The Kier molecular flexibility index (Phi) is 5.87. The molecule has 0 aliphatic carbocycles. The Labute approximate surface area is 186 Å². The third-order valence-electron chi connectivity index (χ3n) is 4.78. The van der Waals surface area contributed by atoms with Crippen molar-refractivity contribution in [3.05, 3.63) is 63.5 Å². The molecule has 0 saturated carbocycles. The zero-order valence-corrected chi connectivity index (χ0v) is 19.2. The topological polar surface area (TPSA) is 90.0 Å². The van der Waals surface area contributed by atoms with Crippen LogP contribution in [0.4, 0.5) is 5.82 Å². The van der Waals surface area contributed by atoms with E-state index < -0.39 is 0 Å². The van der Waals surface area contributed by atoms with Gasteiger partial charge in [-0.25, -0.2) is 14.2 Å². The molecule has 0 fully saturated rings. The second-order valence-corrected chi connectivity index (χ2v) is 8.49. The van der Waals surface area contributed by atoms with Crippen LogP contribution in [0.15, 0.2) is 46.2 Å². The summed E-state index contributed by atoms with van der Waals surface area (Å²) >= 11 is 4.90. The summed E-state index contributed by atoms with van der Waals surface area (Å²) in [6, 6.07) is 9.80. The molecule has 1 aromatic carbocycles. The number of fused-ring (bicyclic) bond motifs is 1. The van der Waals surface area contributed by atoms with Crippen LogP contribution in [-0.2, 0) is 17.8 Å². The van der Waals surface area contributed by atoms with Crippen molar-refractivity contribution in [3.63, 3.8) is 0 Å². The predicted molar refractivity (Wildman–Crippen MR) is 120 cm³/mol. The average molecular weight is 486 g/mol. The highest BCUT2D eigenvalue weighted by molar-refractivity contribution is 9.10. The van der Waals surface area contributed by atoms with E-state index in [1.54, 1.807) is 21.5 Å². The Morgan fingerprint density at radius 3 is 2.67 bits per heavy atom. The van der Waals surface area contributed by atoms with E-state index in [2.05, 4.69) is 41.4 Å². The van der Waals surface area contributed by atoms with Crippen molar-refractivity contribution in [2.75, 3.05) is 11.6 Å². The number of rotatable bonds is 6. The van der Waals surface area contributed by atoms with E-state index >= 15 is 0 Å². The summed E-state index contributed by atoms with van der Waals surface area (Å²) in [5.74, 6) is 1.06. The molecule has 0 aliphatic heterocycles. The molecule has 30 heavy (non-hydrogen) atoms. The number of benzene rings is 1. The summed E-state index contributed by atoms with van der Waals surface area (Å²) in [5, 5.41) is 12.4. The van der Waals surface area contributed by atoms with Gasteiger partial charge in [-0.05, 0) is 37.8 Å². The van der Waals surface area contributed by atoms with E-state index in [-0.39, 0.29) is 12.3 Å². The Morgan fingerprint density at radius 2 is 1.93 bits per heavy atom. The highest BCUT2D eigenvalue weighted by Gasteiger charge is 2.17. The number of nitrogens with zero attached hydrogens (tertiary/aromatic N) is 6. The van der Waals surface area contributed by atoms with Gasteiger partial charge in [0.15, 0.2) is 0 Å². The summed E-state index contributed by atoms with van der Waals surface area (Å²) < 4.78 is 4.48. The van der Waals surface area contributed by atoms with E-state index in [1.165, 1.54) is 11.8 Å². The highest BCUT2D eigenvalue weighted by atomic mass is 79.9. The van der Waals surface area contributed by atoms with Crippen molar-refractivity contribution in [3.8, 4) is 0 Å². The molecule has 3 heterocycles. The number of anilines is 1. The Balaban J connectivity index is 1.52. The number of nitrogens with one attached hydrogen (secondary N) is 1. The maximum atomic E-state index is 12.8. The van der Waals surface area contributed by atoms with Crippen LogP contribution in [0.1, 0.15) is 22.5 Å². The van der Waals surface area contributed by atoms with Gasteiger partial charge >= 0.3 is 0 Å². The summed E-state index contributed by atoms with van der Waals surface area (Å²) in [6.45, 7) is 4.39. The van der Waals surface area contributed by atoms with Crippen LogP contribution < -0.4 is 5.32 Å². The second-order valence-electron chi connectivity index (χ2n) is 6.80. The number of amides is 1. The molecule has 1 N–H and O–H groups in total. The first-order valence-corrected chi connectivity index (χ1v) is 11.3. The minimum atomic E-state index is -0.134. The smallest absolute Gasteiger partial charge is 0.253 e. The second kappa shape index (κ2) is 8.57. The van der Waals surface area contributed by atoms with Crippen LogP contribution in [-0.4, -0.2) is 41.5 Å². The molecule has 0 bridgehead atoms. The van der Waals surface area contributed by atoms with Gasteiger partial charge in [0.1, 0.15) is 5.82 Å². The molecule has 0 atom stereocenters. The number of carbonyl (C=O) groups is 1. The quantitative estimate of drug-likeness (QED) is 0.419. The summed E-state index contributed by atoms with van der Waals surface area (Å²) in [4.78, 5) is 21.7. The SMILES string of the molecule is CSc1nc2nc(C)c(CC(=O)Nc3ccnn3Cc3ccc(Br)cc3)c(C)n2n1. The van der Waals surface area contributed by atoms with Gasteiger partial charge in [0, 0.05) is 27.5 Å². The van der Waals surface area contributed by atoms with E-state index in [1.807, 2.05) is 44.4 Å². The molecule has 0 radical (unpaired) electrons. The number of carbonyl (C=O) groups excluding carboxylic acids is 1. The van der Waals surface area contributed by atoms with Crippen molar-refractivity contribution in [2.45, 2.75) is 32.0 Å². The fourth-order valence-corrected chi connectivity index (χ4v) is 3.81. The lowest BCUT2D eigenvalue weighted by atomic mass is 10.1. The minimum absolute atomic E-state index is 0.134. The fraction of sp³-hybridized carbons (Fsp3) is 0.250. The van der Waals surface area contributed by atoms with Crippen LogP contribution in [0.5, 0.6) is 0 Å². The summed E-state index contributed by atoms with van der Waals surface area (Å²) in [6.07, 6.45) is 3.79. The number of aryl methyl sites for hydroxylation is 2. The standard InChI is InChI=1S/C20H20BrN7OS/c1-12-16(13(2)28-19(23-12)25-20(26-28)30-3)10-18(29)24-17-8-9-22-27(17)11-14-4-6-15(21)7-5-14/h4-9H,10-11H2,1-3H3,(H,24,29). The number of halogens is 1. The molecule has 0 unspecified atom stereocenters. The lowest BCUT2D eigenvalue weighted by Gasteiger charge is -2.12. The number of aromatic nitrogens is 6. The zero-order valence-electron chi connectivity index (χ0n) is 16.8. The first-order valence-electron chi connectivity index (χ1n) is 9.27. The zero-order chi connectivity index (χ0) is 21.3. The Hall–Kier alpha value is -2.72. The van der Waals surface area contributed by atoms with Crippen molar-refractivity contribution in [2.24, 2.45) is 0 Å². The minimum Gasteiger partial charge on any atom is -0.311 e. The molecular weight excluding hydrogens is 466 g/mol. The van der Waals surface area contributed by atoms with Gasteiger partial charge in [0.25, 0.3) is 5.78 Å². The summed E-state index contributed by atoms with van der Waals surface area (Å²) in [7, 11) is 0. The third kappa shape index (κ3) is 4.24. The van der Waals surface area contributed by atoms with E-state index in [4.69, 9.17) is 0 Å². The molecule has 0 aliphatic rings. The van der Waals surface area contributed by atoms with Crippen molar-refractivity contribution in [1.29, 1.82) is 0 Å². The molecular formula is C20H20BrN7OS. The molecule has 0 saturated heterocycles. The normalized spacial score (nSPS) is 11.2. The first kappa shape index (κ1) is 20.5. The van der Waals surface area contributed by atoms with Gasteiger partial charge in [-0.15, -0.1) is 5.10 Å². The van der Waals surface area contributed by atoms with Crippen LogP contribution in [0, 0.1) is 13.8 Å². The van der Waals surface area contributed by atoms with Crippen LogP contribution in [0.2, 0.25) is 0 Å². The molecule has 4 rings (SSSR count). The number of thioether (sulfide) groups is 1. The maximum Gasteiger partial charge on any atom is 0.253 e. The first-order chi connectivity index (χ1) is 14.4. The monoisotopic (exact) mass is 485 g/mol. The van der Waals surface area contributed by atoms with Crippen LogP contribution in [0.25, 0.3) is 5.78 Å². The number of hydrogen-bond acceptors (Lipinski definition) is 6. The number of hydrogen-bond donors (Lipinski definition) is 1. The Bertz CT molecular complexity index is 1220. The molecule has 154 valence electrons. The van der Waals surface area contributed by atoms with Gasteiger partial charge in [0.05, 0.1) is 19.2 Å². The van der Waals surface area contributed by atoms with Gasteiger partial charge in [0.2, 0.25) is 11.1 Å². The molecule has 4 aromatic rings. The van der Waals surface area contributed by atoms with Gasteiger partial charge in [-0.3, -0.25) is 4.79 Å². The lowest BCUT2D eigenvalue weighted by Crippen LogP contribution is -2.20. The molecule has 8 nitrogen and oxygen atoms in total. The van der Waals surface area contributed by atoms with E-state index in [0.29, 0.717) is 23.3 Å². The van der Waals surface area contributed by atoms with Gasteiger partial charge in [-0.1, -0.05) is 39.8 Å². The molecule has 1 amide bonds. The van der Waals surface area contributed by atoms with Crippen molar-refractivity contribution >= 4 is 45.2 Å². The van der Waals surface area contributed by atoms with Crippen LogP contribution >= 0.6 is 27.7 Å². The molecule has 0 spiro atoms. The third-order valence-corrected chi connectivity index (χ3v) is 5.85. The van der Waals surface area contributed by atoms with Crippen LogP contribution in [0.3, 0.4) is 0 Å². The molecule has 3 aromatic heterocycles.